The molecule has 0 spiro atoms. The Hall–Kier alpha value is -2.30. The highest BCUT2D eigenvalue weighted by Crippen LogP contribution is 2.25. The fourth-order valence-electron chi connectivity index (χ4n) is 3.02. The fraction of sp³-hybridized carbons (Fsp3) is 0.238. The molecule has 2 aromatic carbocycles. The van der Waals surface area contributed by atoms with E-state index in [1.165, 1.54) is 39.9 Å². The zero-order valence-corrected chi connectivity index (χ0v) is 18.8. The number of ether oxygens (including phenoxy) is 2. The molecule has 31 heavy (non-hydrogen) atoms. The van der Waals surface area contributed by atoms with Crippen LogP contribution in [0.5, 0.6) is 0 Å². The van der Waals surface area contributed by atoms with Crippen LogP contribution >= 0.6 is 22.9 Å². The number of hydrogen-bond acceptors (Lipinski definition) is 7. The number of carbonyl (C=O) groups is 1. The van der Waals surface area contributed by atoms with Crippen molar-refractivity contribution in [3.8, 4) is 10.6 Å². The van der Waals surface area contributed by atoms with E-state index in [0.717, 1.165) is 10.6 Å². The molecule has 0 atom stereocenters. The van der Waals surface area contributed by atoms with Gasteiger partial charge in [-0.25, -0.2) is 18.2 Å². The van der Waals surface area contributed by atoms with Gasteiger partial charge in [-0.3, -0.25) is 0 Å². The van der Waals surface area contributed by atoms with Crippen LogP contribution in [0.3, 0.4) is 0 Å². The topological polar surface area (TPSA) is 85.8 Å². The Morgan fingerprint density at radius 2 is 1.77 bits per heavy atom. The van der Waals surface area contributed by atoms with Crippen LogP contribution in [0.1, 0.15) is 16.1 Å². The van der Waals surface area contributed by atoms with Crippen LogP contribution in [-0.2, 0) is 26.1 Å². The van der Waals surface area contributed by atoms with Crippen LogP contribution < -0.4 is 0 Å². The number of rotatable bonds is 6. The maximum absolute atomic E-state index is 12.7. The van der Waals surface area contributed by atoms with Gasteiger partial charge in [0, 0.05) is 29.1 Å². The smallest absolute Gasteiger partial charge is 0.338 e. The molecule has 1 aromatic heterocycles. The van der Waals surface area contributed by atoms with Gasteiger partial charge in [-0.05, 0) is 36.4 Å². The maximum Gasteiger partial charge on any atom is 0.338 e. The molecule has 1 fully saturated rings. The van der Waals surface area contributed by atoms with Crippen molar-refractivity contribution in [2.75, 3.05) is 26.3 Å². The number of esters is 1. The molecule has 1 saturated heterocycles. The summed E-state index contributed by atoms with van der Waals surface area (Å²) in [6.07, 6.45) is 0. The fourth-order valence-corrected chi connectivity index (χ4v) is 5.36. The van der Waals surface area contributed by atoms with Crippen LogP contribution in [0, 0.1) is 0 Å². The second-order valence-corrected chi connectivity index (χ2v) is 10.0. The molecule has 0 aliphatic carbocycles. The van der Waals surface area contributed by atoms with Gasteiger partial charge in [-0.1, -0.05) is 23.7 Å². The number of aromatic nitrogens is 1. The third kappa shape index (κ3) is 5.13. The predicted octanol–water partition coefficient (Wildman–Crippen LogP) is 3.84. The highest BCUT2D eigenvalue weighted by atomic mass is 35.5. The lowest BCUT2D eigenvalue weighted by Gasteiger charge is -2.26. The monoisotopic (exact) mass is 478 g/mol. The van der Waals surface area contributed by atoms with E-state index >= 15 is 0 Å². The standard InChI is InChI=1S/C21H19ClN2O5S2/c22-17-5-1-15(2-6-17)20-23-18(14-30-20)13-29-21(25)16-3-7-19(8-4-16)31(26,27)24-9-11-28-12-10-24/h1-8,14H,9-13H2. The van der Waals surface area contributed by atoms with Gasteiger partial charge in [0.2, 0.25) is 10.0 Å². The highest BCUT2D eigenvalue weighted by molar-refractivity contribution is 7.89. The minimum absolute atomic E-state index is 0.0246. The van der Waals surface area contributed by atoms with Crippen LogP contribution in [0.25, 0.3) is 10.6 Å². The van der Waals surface area contributed by atoms with E-state index in [0.29, 0.717) is 37.0 Å². The van der Waals surface area contributed by atoms with Gasteiger partial charge in [-0.15, -0.1) is 11.3 Å². The number of carbonyl (C=O) groups excluding carboxylic acids is 1. The second-order valence-electron chi connectivity index (χ2n) is 6.77. The average Bonchev–Trinajstić information content (AvgIpc) is 3.28. The molecular formula is C21H19ClN2O5S2. The SMILES string of the molecule is O=C(OCc1csc(-c2ccc(Cl)cc2)n1)c1ccc(S(=O)(=O)N2CCOCC2)cc1. The molecule has 0 N–H and O–H groups in total. The van der Waals surface area contributed by atoms with Gasteiger partial charge in [0.05, 0.1) is 29.4 Å². The van der Waals surface area contributed by atoms with Crippen LogP contribution in [-0.4, -0.2) is 50.0 Å². The Morgan fingerprint density at radius 1 is 1.10 bits per heavy atom. The summed E-state index contributed by atoms with van der Waals surface area (Å²) in [5.74, 6) is -0.545. The van der Waals surface area contributed by atoms with Gasteiger partial charge in [0.15, 0.2) is 0 Å². The molecular weight excluding hydrogens is 460 g/mol. The number of hydrogen-bond donors (Lipinski definition) is 0. The van der Waals surface area contributed by atoms with Crippen molar-refractivity contribution in [1.82, 2.24) is 9.29 Å². The number of halogens is 1. The minimum atomic E-state index is -3.60. The molecule has 2 heterocycles. The number of nitrogens with zero attached hydrogens (tertiary/aromatic N) is 2. The van der Waals surface area contributed by atoms with Crippen molar-refractivity contribution in [3.05, 3.63) is 70.2 Å². The first-order chi connectivity index (χ1) is 14.9. The summed E-state index contributed by atoms with van der Waals surface area (Å²) in [5, 5.41) is 3.29. The normalized spacial score (nSPS) is 15.0. The number of sulfonamides is 1. The lowest BCUT2D eigenvalue weighted by molar-refractivity contribution is 0.0468. The van der Waals surface area contributed by atoms with Crippen LogP contribution in [0.15, 0.2) is 58.8 Å². The van der Waals surface area contributed by atoms with E-state index in [1.807, 2.05) is 17.5 Å². The van der Waals surface area contributed by atoms with Crippen LogP contribution in [0.4, 0.5) is 0 Å². The molecule has 0 saturated carbocycles. The summed E-state index contributed by atoms with van der Waals surface area (Å²) in [5.41, 5.74) is 1.84. The third-order valence-electron chi connectivity index (χ3n) is 4.69. The minimum Gasteiger partial charge on any atom is -0.456 e. The van der Waals surface area contributed by atoms with Crippen molar-refractivity contribution >= 4 is 38.9 Å². The van der Waals surface area contributed by atoms with Crippen molar-refractivity contribution in [2.45, 2.75) is 11.5 Å². The summed E-state index contributed by atoms with van der Waals surface area (Å²) >= 11 is 7.35. The molecule has 3 aromatic rings. The number of benzene rings is 2. The Kier molecular flexibility index (Phi) is 6.68. The average molecular weight is 479 g/mol. The van der Waals surface area contributed by atoms with E-state index in [9.17, 15) is 13.2 Å². The number of thiazole rings is 1. The molecule has 10 heteroatoms. The molecule has 4 rings (SSSR count). The van der Waals surface area contributed by atoms with Crippen molar-refractivity contribution in [2.24, 2.45) is 0 Å². The van der Waals surface area contributed by atoms with Crippen molar-refractivity contribution in [1.29, 1.82) is 0 Å². The lowest BCUT2D eigenvalue weighted by Crippen LogP contribution is -2.40. The van der Waals surface area contributed by atoms with Crippen molar-refractivity contribution < 1.29 is 22.7 Å². The molecule has 0 unspecified atom stereocenters. The van der Waals surface area contributed by atoms with E-state index in [-0.39, 0.29) is 17.1 Å². The van der Waals surface area contributed by atoms with Gasteiger partial charge in [0.1, 0.15) is 11.6 Å². The second kappa shape index (κ2) is 9.46. The van der Waals surface area contributed by atoms with E-state index in [4.69, 9.17) is 21.1 Å². The Bertz CT molecular complexity index is 1160. The quantitative estimate of drug-likeness (QED) is 0.500. The summed E-state index contributed by atoms with van der Waals surface area (Å²) in [6, 6.07) is 13.1. The molecule has 0 radical (unpaired) electrons. The molecule has 162 valence electrons. The van der Waals surface area contributed by atoms with E-state index in [2.05, 4.69) is 4.98 Å². The molecule has 0 bridgehead atoms. The van der Waals surface area contributed by atoms with E-state index < -0.39 is 16.0 Å². The molecule has 7 nitrogen and oxygen atoms in total. The zero-order chi connectivity index (χ0) is 21.8. The summed E-state index contributed by atoms with van der Waals surface area (Å²) in [6.45, 7) is 1.41. The largest absolute Gasteiger partial charge is 0.456 e. The molecule has 1 aliphatic heterocycles. The lowest BCUT2D eigenvalue weighted by atomic mass is 10.2. The van der Waals surface area contributed by atoms with Gasteiger partial charge < -0.3 is 9.47 Å². The predicted molar refractivity (Wildman–Crippen MR) is 118 cm³/mol. The molecule has 0 amide bonds. The Morgan fingerprint density at radius 3 is 2.45 bits per heavy atom. The van der Waals surface area contributed by atoms with Gasteiger partial charge in [-0.2, -0.15) is 4.31 Å². The Balaban J connectivity index is 1.37. The summed E-state index contributed by atoms with van der Waals surface area (Å²) in [4.78, 5) is 17.0. The summed E-state index contributed by atoms with van der Waals surface area (Å²) < 4.78 is 37.2. The third-order valence-corrected chi connectivity index (χ3v) is 7.80. The summed E-state index contributed by atoms with van der Waals surface area (Å²) in [7, 11) is -3.60. The van der Waals surface area contributed by atoms with Gasteiger partial charge >= 0.3 is 5.97 Å². The van der Waals surface area contributed by atoms with Crippen LogP contribution in [0.2, 0.25) is 5.02 Å². The van der Waals surface area contributed by atoms with Gasteiger partial charge in [0.25, 0.3) is 0 Å². The first kappa shape index (κ1) is 21.9. The highest BCUT2D eigenvalue weighted by Gasteiger charge is 2.26. The van der Waals surface area contributed by atoms with Crippen molar-refractivity contribution in [3.63, 3.8) is 0 Å². The molecule has 1 aliphatic rings. The zero-order valence-electron chi connectivity index (χ0n) is 16.4. The number of morpholine rings is 1. The first-order valence-electron chi connectivity index (χ1n) is 9.49. The maximum atomic E-state index is 12.7. The Labute approximate surface area is 189 Å². The first-order valence-corrected chi connectivity index (χ1v) is 12.2. The van der Waals surface area contributed by atoms with E-state index in [1.54, 1.807) is 12.1 Å².